The number of hydrogen-bond donors (Lipinski definition) is 0. The Kier molecular flexibility index (Phi) is 7.31. The number of likely N-dealkylation sites (N-methyl/N-ethyl adjacent to an activating group) is 1. The van der Waals surface area contributed by atoms with E-state index in [1.165, 1.54) is 0 Å². The summed E-state index contributed by atoms with van der Waals surface area (Å²) >= 11 is 0. The number of benzene rings is 2. The maximum Gasteiger partial charge on any atom is 0.229 e. The Morgan fingerprint density at radius 2 is 1.56 bits per heavy atom. The summed E-state index contributed by atoms with van der Waals surface area (Å²) in [5.74, 6) is 0.790. The molecule has 0 spiro atoms. The second-order valence-corrected chi connectivity index (χ2v) is 9.21. The van der Waals surface area contributed by atoms with Gasteiger partial charge in [0.2, 0.25) is 5.71 Å². The van der Waals surface area contributed by atoms with Gasteiger partial charge in [-0.1, -0.05) is 74.5 Å². The van der Waals surface area contributed by atoms with Crippen molar-refractivity contribution in [1.82, 2.24) is 14.8 Å². The molecule has 2 aromatic carbocycles. The molecule has 2 aromatic heterocycles. The van der Waals surface area contributed by atoms with Crippen LogP contribution in [0.25, 0.3) is 33.6 Å². The standard InChI is InChI=1S/C30H33N5O/c1-3-33(4-2)15-16-34-17-19-35(20-18-34)28-25(21-31)22-32-30-27(28)26(23-11-7-5-8-12-23)29(36-30)24-13-9-6-10-14-24/h5-14,22H,3-4,15-20H2,1-2H3. The Balaban J connectivity index is 1.56. The summed E-state index contributed by atoms with van der Waals surface area (Å²) in [5, 5.41) is 11.0. The van der Waals surface area contributed by atoms with Crippen LogP contribution in [0.15, 0.2) is 71.3 Å². The van der Waals surface area contributed by atoms with Crippen LogP contribution < -0.4 is 4.90 Å². The van der Waals surface area contributed by atoms with Crippen molar-refractivity contribution in [2.45, 2.75) is 13.8 Å². The minimum absolute atomic E-state index is 0.575. The molecule has 5 rings (SSSR count). The van der Waals surface area contributed by atoms with Crippen molar-refractivity contribution < 1.29 is 4.42 Å². The predicted octanol–water partition coefficient (Wildman–Crippen LogP) is 5.50. The minimum atomic E-state index is 0.575. The fourth-order valence-electron chi connectivity index (χ4n) is 5.15. The Bertz CT molecular complexity index is 1330. The number of nitriles is 1. The van der Waals surface area contributed by atoms with E-state index in [9.17, 15) is 5.26 Å². The second kappa shape index (κ2) is 10.9. The molecule has 0 amide bonds. The van der Waals surface area contributed by atoms with Crippen molar-refractivity contribution in [3.63, 3.8) is 0 Å². The summed E-state index contributed by atoms with van der Waals surface area (Å²) in [6.07, 6.45) is 1.66. The number of hydrogen-bond acceptors (Lipinski definition) is 6. The van der Waals surface area contributed by atoms with Crippen molar-refractivity contribution in [2.75, 3.05) is 57.3 Å². The van der Waals surface area contributed by atoms with E-state index < -0.39 is 0 Å². The van der Waals surface area contributed by atoms with Crippen LogP contribution in [0.4, 0.5) is 5.69 Å². The summed E-state index contributed by atoms with van der Waals surface area (Å²) < 4.78 is 6.42. The fraction of sp³-hybridized carbons (Fsp3) is 0.333. The quantitative estimate of drug-likeness (QED) is 0.333. The van der Waals surface area contributed by atoms with E-state index in [0.717, 1.165) is 85.9 Å². The molecular weight excluding hydrogens is 446 g/mol. The van der Waals surface area contributed by atoms with E-state index in [4.69, 9.17) is 4.42 Å². The third kappa shape index (κ3) is 4.73. The van der Waals surface area contributed by atoms with E-state index in [1.54, 1.807) is 6.20 Å². The maximum absolute atomic E-state index is 10.1. The lowest BCUT2D eigenvalue weighted by molar-refractivity contribution is 0.206. The largest absolute Gasteiger partial charge is 0.437 e. The lowest BCUT2D eigenvalue weighted by Crippen LogP contribution is -2.48. The van der Waals surface area contributed by atoms with E-state index in [-0.39, 0.29) is 0 Å². The van der Waals surface area contributed by atoms with E-state index in [2.05, 4.69) is 63.9 Å². The lowest BCUT2D eigenvalue weighted by Gasteiger charge is -2.37. The molecule has 1 saturated heterocycles. The van der Waals surface area contributed by atoms with Crippen LogP contribution in [0, 0.1) is 11.3 Å². The van der Waals surface area contributed by atoms with Crippen molar-refractivity contribution in [3.8, 4) is 28.5 Å². The lowest BCUT2D eigenvalue weighted by atomic mass is 9.97. The Morgan fingerprint density at radius 1 is 0.917 bits per heavy atom. The maximum atomic E-state index is 10.1. The number of anilines is 1. The summed E-state index contributed by atoms with van der Waals surface area (Å²) in [5.41, 5.74) is 5.17. The number of aromatic nitrogens is 1. The normalized spacial score (nSPS) is 14.4. The Morgan fingerprint density at radius 3 is 2.17 bits per heavy atom. The van der Waals surface area contributed by atoms with Crippen LogP contribution in [0.2, 0.25) is 0 Å². The van der Waals surface area contributed by atoms with Crippen LogP contribution in [0.5, 0.6) is 0 Å². The zero-order valence-corrected chi connectivity index (χ0v) is 21.2. The summed E-state index contributed by atoms with van der Waals surface area (Å²) in [7, 11) is 0. The SMILES string of the molecule is CCN(CC)CCN1CCN(c2c(C#N)cnc3oc(-c4ccccc4)c(-c4ccccc4)c23)CC1. The Labute approximate surface area is 213 Å². The molecule has 184 valence electrons. The third-order valence-electron chi connectivity index (χ3n) is 7.23. The van der Waals surface area contributed by atoms with Crippen molar-refractivity contribution >= 4 is 16.8 Å². The van der Waals surface area contributed by atoms with Crippen LogP contribution in [-0.2, 0) is 0 Å². The molecule has 4 aromatic rings. The minimum Gasteiger partial charge on any atom is -0.437 e. The van der Waals surface area contributed by atoms with Gasteiger partial charge in [0.15, 0.2) is 0 Å². The molecule has 0 bridgehead atoms. The van der Waals surface area contributed by atoms with Gasteiger partial charge in [0.25, 0.3) is 0 Å². The van der Waals surface area contributed by atoms with E-state index in [1.807, 2.05) is 36.4 Å². The number of fused-ring (bicyclic) bond motifs is 1. The topological polar surface area (TPSA) is 59.5 Å². The summed E-state index contributed by atoms with van der Waals surface area (Å²) in [6, 6.07) is 22.9. The third-order valence-corrected chi connectivity index (χ3v) is 7.23. The van der Waals surface area contributed by atoms with Gasteiger partial charge in [0, 0.05) is 50.4 Å². The average molecular weight is 480 g/mol. The number of pyridine rings is 1. The van der Waals surface area contributed by atoms with E-state index >= 15 is 0 Å². The Hall–Kier alpha value is -3.66. The molecular formula is C30H33N5O. The van der Waals surface area contributed by atoms with Gasteiger partial charge in [0.05, 0.1) is 22.8 Å². The first kappa shape index (κ1) is 24.1. The van der Waals surface area contributed by atoms with Gasteiger partial charge in [-0.2, -0.15) is 5.26 Å². The molecule has 0 N–H and O–H groups in total. The van der Waals surface area contributed by atoms with Crippen molar-refractivity contribution in [1.29, 1.82) is 5.26 Å². The first-order valence-electron chi connectivity index (χ1n) is 12.9. The molecule has 0 unspecified atom stereocenters. The molecule has 1 aliphatic heterocycles. The van der Waals surface area contributed by atoms with Gasteiger partial charge >= 0.3 is 0 Å². The molecule has 0 aliphatic carbocycles. The first-order chi connectivity index (χ1) is 17.7. The van der Waals surface area contributed by atoms with Crippen LogP contribution in [-0.4, -0.2) is 67.1 Å². The number of furan rings is 1. The van der Waals surface area contributed by atoms with Gasteiger partial charge in [-0.3, -0.25) is 4.90 Å². The smallest absolute Gasteiger partial charge is 0.229 e. The molecule has 0 radical (unpaired) electrons. The zero-order valence-electron chi connectivity index (χ0n) is 21.2. The molecule has 6 heteroatoms. The van der Waals surface area contributed by atoms with Crippen molar-refractivity contribution in [3.05, 3.63) is 72.4 Å². The highest BCUT2D eigenvalue weighted by molar-refractivity contribution is 6.08. The van der Waals surface area contributed by atoms with Gasteiger partial charge < -0.3 is 14.2 Å². The van der Waals surface area contributed by atoms with Gasteiger partial charge in [-0.05, 0) is 18.7 Å². The highest BCUT2D eigenvalue weighted by atomic mass is 16.3. The van der Waals surface area contributed by atoms with Crippen LogP contribution in [0.1, 0.15) is 19.4 Å². The first-order valence-corrected chi connectivity index (χ1v) is 12.9. The molecule has 6 nitrogen and oxygen atoms in total. The summed E-state index contributed by atoms with van der Waals surface area (Å²) in [6.45, 7) is 12.5. The molecule has 3 heterocycles. The van der Waals surface area contributed by atoms with Gasteiger partial charge in [-0.25, -0.2) is 4.98 Å². The number of rotatable bonds is 8. The monoisotopic (exact) mass is 479 g/mol. The molecule has 1 aliphatic rings. The fourth-order valence-corrected chi connectivity index (χ4v) is 5.15. The van der Waals surface area contributed by atoms with Crippen molar-refractivity contribution in [2.24, 2.45) is 0 Å². The second-order valence-electron chi connectivity index (χ2n) is 9.21. The average Bonchev–Trinajstić information content (AvgIpc) is 3.34. The molecule has 36 heavy (non-hydrogen) atoms. The molecule has 1 fully saturated rings. The van der Waals surface area contributed by atoms with Gasteiger partial charge in [-0.15, -0.1) is 0 Å². The van der Waals surface area contributed by atoms with Crippen LogP contribution in [0.3, 0.4) is 0 Å². The van der Waals surface area contributed by atoms with E-state index in [0.29, 0.717) is 11.3 Å². The molecule has 0 atom stereocenters. The highest BCUT2D eigenvalue weighted by Crippen LogP contribution is 2.45. The van der Waals surface area contributed by atoms with Crippen LogP contribution >= 0.6 is 0 Å². The van der Waals surface area contributed by atoms with Gasteiger partial charge in [0.1, 0.15) is 11.8 Å². The molecule has 0 saturated carbocycles. The summed E-state index contributed by atoms with van der Waals surface area (Å²) in [4.78, 5) is 11.9. The number of piperazine rings is 1. The highest BCUT2D eigenvalue weighted by Gasteiger charge is 2.28. The zero-order chi connectivity index (χ0) is 24.9. The number of nitrogens with zero attached hydrogens (tertiary/aromatic N) is 5. The predicted molar refractivity (Wildman–Crippen MR) is 146 cm³/mol.